The molecule has 106 valence electrons. The van der Waals surface area contributed by atoms with E-state index in [-0.39, 0.29) is 12.3 Å². The fourth-order valence-corrected chi connectivity index (χ4v) is 1.66. The monoisotopic (exact) mass is 343 g/mol. The maximum absolute atomic E-state index is 13.2. The lowest BCUT2D eigenvalue weighted by Crippen LogP contribution is -2.30. The summed E-state index contributed by atoms with van der Waals surface area (Å²) < 4.78 is 20.4. The Kier molecular flexibility index (Phi) is 4.64. The van der Waals surface area contributed by atoms with Gasteiger partial charge in [-0.1, -0.05) is 5.21 Å². The highest BCUT2D eigenvalue weighted by atomic mass is 79.9. The number of carbonyl (C=O) groups excluding carboxylic acids is 1. The summed E-state index contributed by atoms with van der Waals surface area (Å²) in [6.07, 6.45) is 1.44. The van der Waals surface area contributed by atoms with Gasteiger partial charge in [-0.2, -0.15) is 0 Å². The summed E-state index contributed by atoms with van der Waals surface area (Å²) in [7, 11) is 0. The molecule has 20 heavy (non-hydrogen) atoms. The number of amides is 1. The minimum absolute atomic E-state index is 0.113. The number of nitrogens with two attached hydrogens (primary N) is 1. The molecule has 0 aliphatic rings. The van der Waals surface area contributed by atoms with Crippen molar-refractivity contribution >= 4 is 21.8 Å². The molecule has 9 heteroatoms. The van der Waals surface area contributed by atoms with E-state index in [4.69, 9.17) is 10.6 Å². The fraction of sp³-hybridized carbons (Fsp3) is 0.182. The van der Waals surface area contributed by atoms with Crippen LogP contribution in [0.2, 0.25) is 0 Å². The Morgan fingerprint density at radius 1 is 1.55 bits per heavy atom. The molecule has 0 fully saturated rings. The van der Waals surface area contributed by atoms with Gasteiger partial charge in [-0.25, -0.2) is 14.9 Å². The lowest BCUT2D eigenvalue weighted by molar-refractivity contribution is 0.0948. The molecule has 0 saturated carbocycles. The molecule has 0 saturated heterocycles. The van der Waals surface area contributed by atoms with Crippen LogP contribution in [0.4, 0.5) is 4.39 Å². The van der Waals surface area contributed by atoms with Crippen LogP contribution in [0.25, 0.3) is 0 Å². The summed E-state index contributed by atoms with van der Waals surface area (Å²) in [5, 5.41) is 7.37. The van der Waals surface area contributed by atoms with Gasteiger partial charge in [-0.05, 0) is 28.1 Å². The first-order chi connectivity index (χ1) is 9.60. The van der Waals surface area contributed by atoms with E-state index in [1.807, 2.05) is 5.43 Å². The largest absolute Gasteiger partial charge is 0.492 e. The number of halogens is 2. The highest BCUT2D eigenvalue weighted by Crippen LogP contribution is 2.20. The van der Waals surface area contributed by atoms with Crippen molar-refractivity contribution < 1.29 is 13.9 Å². The molecule has 0 atom stereocenters. The molecule has 3 N–H and O–H groups in total. The Hall–Kier alpha value is -2.00. The SMILES string of the molecule is NNC(=O)c1cn(CCOc2ccc(Br)c(F)c2)nn1. The fourth-order valence-electron chi connectivity index (χ4n) is 1.41. The summed E-state index contributed by atoms with van der Waals surface area (Å²) in [5.41, 5.74) is 2.07. The first kappa shape index (κ1) is 14.4. The van der Waals surface area contributed by atoms with Crippen LogP contribution in [0.3, 0.4) is 0 Å². The van der Waals surface area contributed by atoms with Gasteiger partial charge in [-0.3, -0.25) is 10.2 Å². The Balaban J connectivity index is 1.88. The average molecular weight is 344 g/mol. The van der Waals surface area contributed by atoms with E-state index in [9.17, 15) is 9.18 Å². The third-order valence-corrected chi connectivity index (χ3v) is 3.03. The quantitative estimate of drug-likeness (QED) is 0.477. The van der Waals surface area contributed by atoms with Crippen molar-refractivity contribution in [3.05, 3.63) is 40.4 Å². The highest BCUT2D eigenvalue weighted by Gasteiger charge is 2.08. The lowest BCUT2D eigenvalue weighted by Gasteiger charge is -2.06. The molecule has 1 heterocycles. The second-order valence-corrected chi connectivity index (χ2v) is 4.62. The maximum atomic E-state index is 13.2. The lowest BCUT2D eigenvalue weighted by atomic mass is 10.3. The molecule has 1 aromatic heterocycles. The van der Waals surface area contributed by atoms with Crippen LogP contribution >= 0.6 is 15.9 Å². The van der Waals surface area contributed by atoms with Crippen LogP contribution in [0, 0.1) is 5.82 Å². The zero-order valence-corrected chi connectivity index (χ0v) is 11.8. The second kappa shape index (κ2) is 6.44. The van der Waals surface area contributed by atoms with E-state index >= 15 is 0 Å². The molecule has 7 nitrogen and oxygen atoms in total. The number of nitrogen functional groups attached to an aromatic ring is 1. The molecule has 0 spiro atoms. The van der Waals surface area contributed by atoms with E-state index in [1.165, 1.54) is 16.9 Å². The van der Waals surface area contributed by atoms with Crippen LogP contribution < -0.4 is 16.0 Å². The molecular weight excluding hydrogens is 333 g/mol. The number of benzene rings is 1. The molecule has 1 aromatic carbocycles. The number of ether oxygens (including phenoxy) is 1. The third kappa shape index (κ3) is 3.52. The van der Waals surface area contributed by atoms with Crippen molar-refractivity contribution in [2.24, 2.45) is 5.84 Å². The Labute approximate surface area is 122 Å². The van der Waals surface area contributed by atoms with Crippen molar-refractivity contribution in [2.45, 2.75) is 6.54 Å². The van der Waals surface area contributed by atoms with Gasteiger partial charge in [-0.15, -0.1) is 5.10 Å². The normalized spacial score (nSPS) is 10.3. The number of nitrogens with one attached hydrogen (secondary N) is 1. The standard InChI is InChI=1S/C11H11BrFN5O2/c12-8-2-1-7(5-9(8)13)20-4-3-18-6-10(16-17-18)11(19)15-14/h1-2,5-6H,3-4,14H2,(H,15,19). The third-order valence-electron chi connectivity index (χ3n) is 2.38. The van der Waals surface area contributed by atoms with Crippen molar-refractivity contribution in [1.29, 1.82) is 0 Å². The van der Waals surface area contributed by atoms with Crippen LogP contribution in [0.5, 0.6) is 5.75 Å². The number of rotatable bonds is 5. The van der Waals surface area contributed by atoms with E-state index in [0.29, 0.717) is 16.8 Å². The molecule has 1 amide bonds. The zero-order chi connectivity index (χ0) is 14.5. The predicted molar refractivity (Wildman–Crippen MR) is 71.3 cm³/mol. The van der Waals surface area contributed by atoms with Crippen molar-refractivity contribution in [3.8, 4) is 5.75 Å². The van der Waals surface area contributed by atoms with Gasteiger partial charge in [0, 0.05) is 6.07 Å². The average Bonchev–Trinajstić information content (AvgIpc) is 2.91. The van der Waals surface area contributed by atoms with Gasteiger partial charge in [0.2, 0.25) is 0 Å². The molecule has 0 aliphatic carbocycles. The summed E-state index contributed by atoms with van der Waals surface area (Å²) in [6.45, 7) is 0.622. The van der Waals surface area contributed by atoms with Crippen molar-refractivity contribution in [2.75, 3.05) is 6.61 Å². The smallest absolute Gasteiger partial charge is 0.287 e. The number of aromatic nitrogens is 3. The van der Waals surface area contributed by atoms with Gasteiger partial charge in [0.1, 0.15) is 18.2 Å². The first-order valence-corrected chi connectivity index (χ1v) is 6.38. The predicted octanol–water partition coefficient (Wildman–Crippen LogP) is 0.862. The van der Waals surface area contributed by atoms with Crippen LogP contribution in [0.1, 0.15) is 10.5 Å². The summed E-state index contributed by atoms with van der Waals surface area (Å²) in [5.74, 6) is 4.46. The van der Waals surface area contributed by atoms with E-state index in [1.54, 1.807) is 12.1 Å². The number of hydrogen-bond donors (Lipinski definition) is 2. The van der Waals surface area contributed by atoms with E-state index < -0.39 is 11.7 Å². The minimum Gasteiger partial charge on any atom is -0.492 e. The molecule has 0 aliphatic heterocycles. The van der Waals surface area contributed by atoms with Crippen LogP contribution in [-0.2, 0) is 6.54 Å². The first-order valence-electron chi connectivity index (χ1n) is 5.59. The maximum Gasteiger partial charge on any atom is 0.287 e. The molecule has 0 radical (unpaired) electrons. The van der Waals surface area contributed by atoms with Crippen LogP contribution in [0.15, 0.2) is 28.9 Å². The second-order valence-electron chi connectivity index (χ2n) is 3.76. The van der Waals surface area contributed by atoms with E-state index in [2.05, 4.69) is 26.2 Å². The number of carbonyl (C=O) groups is 1. The number of hydrogen-bond acceptors (Lipinski definition) is 5. The Bertz CT molecular complexity index is 619. The van der Waals surface area contributed by atoms with Gasteiger partial charge >= 0.3 is 0 Å². The van der Waals surface area contributed by atoms with Gasteiger partial charge in [0.05, 0.1) is 17.2 Å². The van der Waals surface area contributed by atoms with Crippen molar-refractivity contribution in [3.63, 3.8) is 0 Å². The Morgan fingerprint density at radius 3 is 3.05 bits per heavy atom. The molecule has 0 unspecified atom stereocenters. The van der Waals surface area contributed by atoms with Crippen molar-refractivity contribution in [1.82, 2.24) is 20.4 Å². The minimum atomic E-state index is -0.521. The van der Waals surface area contributed by atoms with Gasteiger partial charge in [0.15, 0.2) is 5.69 Å². The molecule has 0 bridgehead atoms. The summed E-state index contributed by atoms with van der Waals surface area (Å²) in [6, 6.07) is 4.48. The molecular formula is C11H11BrFN5O2. The topological polar surface area (TPSA) is 95.1 Å². The summed E-state index contributed by atoms with van der Waals surface area (Å²) in [4.78, 5) is 11.2. The number of hydrazine groups is 1. The Morgan fingerprint density at radius 2 is 2.35 bits per heavy atom. The van der Waals surface area contributed by atoms with E-state index in [0.717, 1.165) is 0 Å². The van der Waals surface area contributed by atoms with Gasteiger partial charge in [0.25, 0.3) is 5.91 Å². The molecule has 2 aromatic rings. The summed E-state index contributed by atoms with van der Waals surface area (Å²) >= 11 is 3.06. The van der Waals surface area contributed by atoms with Gasteiger partial charge < -0.3 is 4.74 Å². The molecule has 2 rings (SSSR count). The van der Waals surface area contributed by atoms with Crippen LogP contribution in [-0.4, -0.2) is 27.5 Å². The zero-order valence-electron chi connectivity index (χ0n) is 10.2. The number of nitrogens with zero attached hydrogens (tertiary/aromatic N) is 3. The highest BCUT2D eigenvalue weighted by molar-refractivity contribution is 9.10.